The van der Waals surface area contributed by atoms with Gasteiger partial charge in [-0.15, -0.1) is 0 Å². The smallest absolute Gasteiger partial charge is 0.138 e. The first-order valence-electron chi connectivity index (χ1n) is 5.35. The van der Waals surface area contributed by atoms with Gasteiger partial charge in [-0.25, -0.2) is 4.98 Å². The van der Waals surface area contributed by atoms with E-state index in [0.717, 1.165) is 12.4 Å². The summed E-state index contributed by atoms with van der Waals surface area (Å²) in [5.74, 6) is 1.17. The molecule has 0 saturated heterocycles. The van der Waals surface area contributed by atoms with Crippen LogP contribution in [-0.2, 0) is 17.8 Å². The van der Waals surface area contributed by atoms with E-state index in [0.29, 0.717) is 12.8 Å². The molecule has 84 valence electrons. The third-order valence-corrected chi connectivity index (χ3v) is 2.41. The molecule has 4 heteroatoms. The maximum atomic E-state index is 11.7. The highest BCUT2D eigenvalue weighted by atomic mass is 16.1. The van der Waals surface area contributed by atoms with Crippen molar-refractivity contribution < 1.29 is 4.79 Å². The van der Waals surface area contributed by atoms with Gasteiger partial charge in [0.05, 0.1) is 0 Å². The van der Waals surface area contributed by atoms with Gasteiger partial charge >= 0.3 is 0 Å². The molecular formula is C11H19N3O. The number of aromatic nitrogens is 3. The van der Waals surface area contributed by atoms with Crippen molar-refractivity contribution >= 4 is 5.78 Å². The highest BCUT2D eigenvalue weighted by Gasteiger charge is 2.21. The van der Waals surface area contributed by atoms with Gasteiger partial charge in [0.1, 0.15) is 17.9 Å². The molecule has 1 aromatic rings. The van der Waals surface area contributed by atoms with E-state index >= 15 is 0 Å². The van der Waals surface area contributed by atoms with Crippen molar-refractivity contribution in [2.24, 2.45) is 5.41 Å². The maximum Gasteiger partial charge on any atom is 0.138 e. The van der Waals surface area contributed by atoms with Gasteiger partial charge in [0.2, 0.25) is 0 Å². The van der Waals surface area contributed by atoms with Crippen molar-refractivity contribution in [3.05, 3.63) is 12.2 Å². The number of rotatable bonds is 4. The van der Waals surface area contributed by atoms with Gasteiger partial charge < -0.3 is 0 Å². The lowest BCUT2D eigenvalue weighted by molar-refractivity contribution is -0.126. The first-order valence-corrected chi connectivity index (χ1v) is 5.35. The molecule has 0 aromatic carbocycles. The standard InChI is InChI=1S/C11H19N3O/c1-5-14-10(12-8-13-14)7-6-9(15)11(2,3)4/h8H,5-7H2,1-4H3. The fraction of sp³-hybridized carbons (Fsp3) is 0.727. The number of ketones is 1. The van der Waals surface area contributed by atoms with Crippen LogP contribution in [0.15, 0.2) is 6.33 Å². The van der Waals surface area contributed by atoms with Gasteiger partial charge in [-0.05, 0) is 6.92 Å². The summed E-state index contributed by atoms with van der Waals surface area (Å²) in [6, 6.07) is 0. The van der Waals surface area contributed by atoms with Crippen molar-refractivity contribution in [2.45, 2.75) is 47.1 Å². The van der Waals surface area contributed by atoms with Crippen LogP contribution in [0.5, 0.6) is 0 Å². The summed E-state index contributed by atoms with van der Waals surface area (Å²) < 4.78 is 1.83. The molecule has 0 aliphatic heterocycles. The quantitative estimate of drug-likeness (QED) is 0.760. The average molecular weight is 209 g/mol. The Bertz CT molecular complexity index is 336. The van der Waals surface area contributed by atoms with Gasteiger partial charge in [0.15, 0.2) is 0 Å². The Balaban J connectivity index is 2.54. The molecule has 0 amide bonds. The van der Waals surface area contributed by atoms with Crippen molar-refractivity contribution in [1.29, 1.82) is 0 Å². The zero-order chi connectivity index (χ0) is 11.5. The van der Waals surface area contributed by atoms with Crippen LogP contribution in [0.25, 0.3) is 0 Å². The van der Waals surface area contributed by atoms with E-state index < -0.39 is 0 Å². The summed E-state index contributed by atoms with van der Waals surface area (Å²) in [4.78, 5) is 15.8. The summed E-state index contributed by atoms with van der Waals surface area (Å²) in [5.41, 5.74) is -0.253. The van der Waals surface area contributed by atoms with Crippen molar-refractivity contribution in [1.82, 2.24) is 14.8 Å². The summed E-state index contributed by atoms with van der Waals surface area (Å²) in [7, 11) is 0. The van der Waals surface area contributed by atoms with Gasteiger partial charge in [0.25, 0.3) is 0 Å². The number of aryl methyl sites for hydroxylation is 2. The first-order chi connectivity index (χ1) is 6.95. The fourth-order valence-corrected chi connectivity index (χ4v) is 1.35. The van der Waals surface area contributed by atoms with E-state index in [1.165, 1.54) is 0 Å². The highest BCUT2D eigenvalue weighted by molar-refractivity contribution is 5.83. The number of carbonyl (C=O) groups excluding carboxylic acids is 1. The molecule has 4 nitrogen and oxygen atoms in total. The lowest BCUT2D eigenvalue weighted by Crippen LogP contribution is -2.21. The van der Waals surface area contributed by atoms with Crippen LogP contribution in [0.1, 0.15) is 39.9 Å². The molecule has 15 heavy (non-hydrogen) atoms. The zero-order valence-electron chi connectivity index (χ0n) is 9.95. The lowest BCUT2D eigenvalue weighted by atomic mass is 9.88. The van der Waals surface area contributed by atoms with E-state index in [-0.39, 0.29) is 11.2 Å². The SMILES string of the molecule is CCn1ncnc1CCC(=O)C(C)(C)C. The lowest BCUT2D eigenvalue weighted by Gasteiger charge is -2.15. The summed E-state index contributed by atoms with van der Waals surface area (Å²) in [6.07, 6.45) is 2.77. The van der Waals surface area contributed by atoms with E-state index in [1.54, 1.807) is 6.33 Å². The Hall–Kier alpha value is -1.19. The molecule has 0 aliphatic rings. The second kappa shape index (κ2) is 4.55. The van der Waals surface area contributed by atoms with Crippen LogP contribution in [-0.4, -0.2) is 20.5 Å². The Morgan fingerprint density at radius 2 is 2.13 bits per heavy atom. The molecule has 0 fully saturated rings. The average Bonchev–Trinajstić information content (AvgIpc) is 2.59. The molecule has 0 saturated carbocycles. The number of nitrogens with zero attached hydrogens (tertiary/aromatic N) is 3. The molecule has 0 aliphatic carbocycles. The van der Waals surface area contributed by atoms with Gasteiger partial charge in [-0.2, -0.15) is 5.10 Å². The molecule has 0 bridgehead atoms. The molecule has 0 radical (unpaired) electrons. The van der Waals surface area contributed by atoms with E-state index in [9.17, 15) is 4.79 Å². The van der Waals surface area contributed by atoms with Gasteiger partial charge in [-0.3, -0.25) is 9.48 Å². The molecule has 0 unspecified atom stereocenters. The molecule has 1 heterocycles. The minimum Gasteiger partial charge on any atom is -0.299 e. The van der Waals surface area contributed by atoms with Crippen molar-refractivity contribution in [3.8, 4) is 0 Å². The Morgan fingerprint density at radius 1 is 1.47 bits per heavy atom. The molecular weight excluding hydrogens is 190 g/mol. The predicted molar refractivity (Wildman–Crippen MR) is 58.5 cm³/mol. The number of hydrogen-bond donors (Lipinski definition) is 0. The molecule has 0 N–H and O–H groups in total. The monoisotopic (exact) mass is 209 g/mol. The second-order valence-electron chi connectivity index (χ2n) is 4.67. The Morgan fingerprint density at radius 3 is 2.67 bits per heavy atom. The molecule has 0 atom stereocenters. The normalized spacial score (nSPS) is 11.7. The summed E-state index contributed by atoms with van der Waals surface area (Å²) in [6.45, 7) is 8.66. The van der Waals surface area contributed by atoms with E-state index in [2.05, 4.69) is 10.1 Å². The van der Waals surface area contributed by atoms with Crippen LogP contribution in [0.3, 0.4) is 0 Å². The number of carbonyl (C=O) groups is 1. The van der Waals surface area contributed by atoms with Crippen LogP contribution >= 0.6 is 0 Å². The van der Waals surface area contributed by atoms with Crippen LogP contribution in [0.4, 0.5) is 0 Å². The third-order valence-electron chi connectivity index (χ3n) is 2.41. The Kier molecular flexibility index (Phi) is 3.61. The van der Waals surface area contributed by atoms with E-state index in [1.807, 2.05) is 32.4 Å². The zero-order valence-corrected chi connectivity index (χ0v) is 9.95. The number of hydrogen-bond acceptors (Lipinski definition) is 3. The topological polar surface area (TPSA) is 47.8 Å². The predicted octanol–water partition coefficient (Wildman–Crippen LogP) is 1.85. The van der Waals surface area contributed by atoms with Gasteiger partial charge in [-0.1, -0.05) is 20.8 Å². The van der Waals surface area contributed by atoms with Gasteiger partial charge in [0, 0.05) is 24.8 Å². The van der Waals surface area contributed by atoms with Crippen LogP contribution in [0, 0.1) is 5.41 Å². The molecule has 1 aromatic heterocycles. The van der Waals surface area contributed by atoms with Crippen LogP contribution < -0.4 is 0 Å². The number of Topliss-reactive ketones (excluding diaryl/α,β-unsaturated/α-hetero) is 1. The minimum absolute atomic E-state index is 0.253. The third kappa shape index (κ3) is 3.15. The molecule has 0 spiro atoms. The van der Waals surface area contributed by atoms with Crippen molar-refractivity contribution in [2.75, 3.05) is 0 Å². The van der Waals surface area contributed by atoms with Crippen LogP contribution in [0.2, 0.25) is 0 Å². The first kappa shape index (κ1) is 11.9. The summed E-state index contributed by atoms with van der Waals surface area (Å²) >= 11 is 0. The summed E-state index contributed by atoms with van der Waals surface area (Å²) in [5, 5.41) is 4.07. The maximum absolute atomic E-state index is 11.7. The minimum atomic E-state index is -0.253. The largest absolute Gasteiger partial charge is 0.299 e. The Labute approximate surface area is 90.7 Å². The van der Waals surface area contributed by atoms with Crippen molar-refractivity contribution in [3.63, 3.8) is 0 Å². The fourth-order valence-electron chi connectivity index (χ4n) is 1.35. The van der Waals surface area contributed by atoms with E-state index in [4.69, 9.17) is 0 Å². The highest BCUT2D eigenvalue weighted by Crippen LogP contribution is 2.17. The molecule has 1 rings (SSSR count). The second-order valence-corrected chi connectivity index (χ2v) is 4.67.